The molecule has 2 N–H and O–H groups in total. The second-order valence-corrected chi connectivity index (χ2v) is 11.6. The SMILES string of the molecule is COc1cc(F)cc(-c2ccc(Cn3ccc4scc(C(=O)N[C@H]5C[C@@](C)(C[C@H](C)C(=O)O)C5)c43)cc2)c1. The molecule has 198 valence electrons. The fourth-order valence-corrected chi connectivity index (χ4v) is 6.58. The normalized spacial score (nSPS) is 19.6. The number of methoxy groups -OCH3 is 1. The van der Waals surface area contributed by atoms with Gasteiger partial charge in [0.1, 0.15) is 11.6 Å². The van der Waals surface area contributed by atoms with E-state index in [0.29, 0.717) is 24.3 Å². The first kappa shape index (κ1) is 26.0. The highest BCUT2D eigenvalue weighted by atomic mass is 32.1. The smallest absolute Gasteiger partial charge is 0.306 e. The van der Waals surface area contributed by atoms with Gasteiger partial charge in [0.05, 0.1) is 28.8 Å². The van der Waals surface area contributed by atoms with Crippen LogP contribution in [0.3, 0.4) is 0 Å². The van der Waals surface area contributed by atoms with Crippen LogP contribution < -0.4 is 10.1 Å². The van der Waals surface area contributed by atoms with Crippen LogP contribution in [0.15, 0.2) is 60.1 Å². The van der Waals surface area contributed by atoms with Crippen molar-refractivity contribution in [1.82, 2.24) is 9.88 Å². The Morgan fingerprint density at radius 3 is 2.61 bits per heavy atom. The third-order valence-corrected chi connectivity index (χ3v) is 8.45. The van der Waals surface area contributed by atoms with Gasteiger partial charge in [0, 0.05) is 30.2 Å². The summed E-state index contributed by atoms with van der Waals surface area (Å²) in [6.45, 7) is 4.43. The number of amides is 1. The molecule has 0 unspecified atom stereocenters. The van der Waals surface area contributed by atoms with Crippen LogP contribution in [0.2, 0.25) is 0 Å². The molecule has 2 aromatic carbocycles. The summed E-state index contributed by atoms with van der Waals surface area (Å²) in [6.07, 6.45) is 4.19. The molecule has 0 bridgehead atoms. The summed E-state index contributed by atoms with van der Waals surface area (Å²) in [6, 6.07) is 14.7. The molecule has 0 saturated heterocycles. The number of carboxylic acids is 1. The first-order valence-corrected chi connectivity index (χ1v) is 13.6. The average Bonchev–Trinajstić information content (AvgIpc) is 3.46. The Bertz CT molecular complexity index is 1480. The maximum Gasteiger partial charge on any atom is 0.306 e. The minimum Gasteiger partial charge on any atom is -0.497 e. The van der Waals surface area contributed by atoms with Crippen LogP contribution in [0, 0.1) is 17.2 Å². The Morgan fingerprint density at radius 2 is 1.92 bits per heavy atom. The minimum absolute atomic E-state index is 0.0528. The van der Waals surface area contributed by atoms with Crippen LogP contribution in [0.4, 0.5) is 4.39 Å². The van der Waals surface area contributed by atoms with Crippen molar-refractivity contribution in [3.8, 4) is 16.9 Å². The van der Waals surface area contributed by atoms with Gasteiger partial charge in [-0.05, 0) is 59.6 Å². The predicted molar refractivity (Wildman–Crippen MR) is 147 cm³/mol. The number of aliphatic carboxylic acids is 1. The number of carbonyl (C=O) groups excluding carboxylic acids is 1. The van der Waals surface area contributed by atoms with Crippen molar-refractivity contribution in [1.29, 1.82) is 0 Å². The van der Waals surface area contributed by atoms with Gasteiger partial charge in [-0.1, -0.05) is 38.1 Å². The molecule has 1 saturated carbocycles. The second kappa shape index (κ2) is 10.3. The fraction of sp³-hybridized carbons (Fsp3) is 0.333. The van der Waals surface area contributed by atoms with Crippen molar-refractivity contribution in [2.24, 2.45) is 11.3 Å². The van der Waals surface area contributed by atoms with Gasteiger partial charge in [-0.25, -0.2) is 4.39 Å². The zero-order chi connectivity index (χ0) is 27.0. The maximum atomic E-state index is 13.9. The lowest BCUT2D eigenvalue weighted by atomic mass is 9.63. The molecule has 2 heterocycles. The van der Waals surface area contributed by atoms with Crippen molar-refractivity contribution in [3.63, 3.8) is 0 Å². The van der Waals surface area contributed by atoms with E-state index in [1.165, 1.54) is 19.2 Å². The van der Waals surface area contributed by atoms with E-state index >= 15 is 0 Å². The summed E-state index contributed by atoms with van der Waals surface area (Å²) in [5.41, 5.74) is 4.22. The zero-order valence-corrected chi connectivity index (χ0v) is 22.5. The van der Waals surface area contributed by atoms with Gasteiger partial charge in [-0.3, -0.25) is 9.59 Å². The van der Waals surface area contributed by atoms with Gasteiger partial charge in [-0.15, -0.1) is 11.3 Å². The molecule has 1 aliphatic carbocycles. The number of halogens is 1. The number of rotatable bonds is 9. The van der Waals surface area contributed by atoms with E-state index in [4.69, 9.17) is 4.74 Å². The summed E-state index contributed by atoms with van der Waals surface area (Å²) < 4.78 is 22.3. The quantitative estimate of drug-likeness (QED) is 0.254. The molecule has 0 spiro atoms. The van der Waals surface area contributed by atoms with E-state index in [0.717, 1.165) is 39.7 Å². The first-order valence-electron chi connectivity index (χ1n) is 12.7. The molecule has 2 aromatic heterocycles. The molecule has 1 amide bonds. The van der Waals surface area contributed by atoms with E-state index in [1.54, 1.807) is 24.3 Å². The molecule has 1 aliphatic rings. The van der Waals surface area contributed by atoms with Crippen molar-refractivity contribution < 1.29 is 23.8 Å². The summed E-state index contributed by atoms with van der Waals surface area (Å²) in [7, 11) is 1.52. The fourth-order valence-electron chi connectivity index (χ4n) is 5.64. The van der Waals surface area contributed by atoms with Crippen LogP contribution in [0.25, 0.3) is 21.3 Å². The highest BCUT2D eigenvalue weighted by molar-refractivity contribution is 7.17. The highest BCUT2D eigenvalue weighted by Gasteiger charge is 2.42. The molecular weight excluding hydrogens is 503 g/mol. The van der Waals surface area contributed by atoms with Crippen LogP contribution in [0.1, 0.15) is 49.0 Å². The number of thiophene rings is 1. The molecular formula is C30H31FN2O4S. The number of carbonyl (C=O) groups is 2. The van der Waals surface area contributed by atoms with Crippen molar-refractivity contribution >= 4 is 33.4 Å². The molecule has 1 fully saturated rings. The Hall–Kier alpha value is -3.65. The lowest BCUT2D eigenvalue weighted by Crippen LogP contribution is -2.50. The molecule has 8 heteroatoms. The summed E-state index contributed by atoms with van der Waals surface area (Å²) in [4.78, 5) is 24.4. The molecule has 6 nitrogen and oxygen atoms in total. The predicted octanol–water partition coefficient (Wildman–Crippen LogP) is 6.58. The summed E-state index contributed by atoms with van der Waals surface area (Å²) in [5.74, 6) is -1.12. The number of carboxylic acid groups (broad SMARTS) is 1. The van der Waals surface area contributed by atoms with Crippen LogP contribution >= 0.6 is 11.3 Å². The Morgan fingerprint density at radius 1 is 1.18 bits per heavy atom. The number of aromatic nitrogens is 1. The van der Waals surface area contributed by atoms with Gasteiger partial charge >= 0.3 is 5.97 Å². The lowest BCUT2D eigenvalue weighted by molar-refractivity contribution is -0.143. The molecule has 5 rings (SSSR count). The van der Waals surface area contributed by atoms with Gasteiger partial charge < -0.3 is 19.7 Å². The zero-order valence-electron chi connectivity index (χ0n) is 21.7. The third-order valence-electron chi connectivity index (χ3n) is 7.51. The summed E-state index contributed by atoms with van der Waals surface area (Å²) in [5, 5.41) is 14.3. The molecule has 38 heavy (non-hydrogen) atoms. The van der Waals surface area contributed by atoms with Crippen LogP contribution in [-0.4, -0.2) is 34.7 Å². The maximum absolute atomic E-state index is 13.9. The number of ether oxygens (including phenoxy) is 1. The van der Waals surface area contributed by atoms with E-state index in [9.17, 15) is 19.1 Å². The minimum atomic E-state index is -0.774. The van der Waals surface area contributed by atoms with Gasteiger partial charge in [0.25, 0.3) is 5.91 Å². The van der Waals surface area contributed by atoms with Gasteiger partial charge in [-0.2, -0.15) is 0 Å². The molecule has 0 aliphatic heterocycles. The second-order valence-electron chi connectivity index (χ2n) is 10.7. The number of benzene rings is 2. The van der Waals surface area contributed by atoms with E-state index in [2.05, 4.69) is 16.8 Å². The lowest BCUT2D eigenvalue weighted by Gasteiger charge is -2.46. The number of nitrogens with zero attached hydrogens (tertiary/aromatic N) is 1. The monoisotopic (exact) mass is 534 g/mol. The third kappa shape index (κ3) is 5.31. The van der Waals surface area contributed by atoms with Crippen LogP contribution in [0.5, 0.6) is 5.75 Å². The Balaban J connectivity index is 1.27. The molecule has 4 aromatic rings. The number of nitrogens with one attached hydrogen (secondary N) is 1. The summed E-state index contributed by atoms with van der Waals surface area (Å²) >= 11 is 1.55. The van der Waals surface area contributed by atoms with E-state index in [1.807, 2.05) is 41.9 Å². The molecule has 0 radical (unpaired) electrons. The topological polar surface area (TPSA) is 80.6 Å². The number of hydrogen-bond donors (Lipinski definition) is 2. The number of fused-ring (bicyclic) bond motifs is 1. The van der Waals surface area contributed by atoms with Gasteiger partial charge in [0.2, 0.25) is 0 Å². The molecule has 1 atom stereocenters. The standard InChI is InChI=1S/C30H31FN2O4S/c1-18(29(35)36)13-30(2)14-23(15-30)32-28(34)25-17-38-26-8-9-33(27(25)26)16-19-4-6-20(7-5-19)21-10-22(31)12-24(11-21)37-3/h4-12,17-18,23H,13-16H2,1-3H3,(H,32,34)(H,35,36)/t18-,23-,30+/m0/s1. The van der Waals surface area contributed by atoms with Crippen LogP contribution in [-0.2, 0) is 11.3 Å². The van der Waals surface area contributed by atoms with E-state index in [-0.39, 0.29) is 29.1 Å². The highest BCUT2D eigenvalue weighted by Crippen LogP contribution is 2.46. The van der Waals surface area contributed by atoms with Gasteiger partial charge in [0.15, 0.2) is 0 Å². The van der Waals surface area contributed by atoms with Crippen molar-refractivity contribution in [2.75, 3.05) is 7.11 Å². The first-order chi connectivity index (χ1) is 18.1. The van der Waals surface area contributed by atoms with Crippen molar-refractivity contribution in [2.45, 2.75) is 45.7 Å². The number of hydrogen-bond acceptors (Lipinski definition) is 4. The van der Waals surface area contributed by atoms with E-state index < -0.39 is 5.97 Å². The average molecular weight is 535 g/mol. The Kier molecular flexibility index (Phi) is 7.01. The largest absolute Gasteiger partial charge is 0.497 e. The van der Waals surface area contributed by atoms with Crippen molar-refractivity contribution in [3.05, 3.63) is 77.1 Å². The Labute approximate surface area is 225 Å².